The van der Waals surface area contributed by atoms with Crippen molar-refractivity contribution in [3.05, 3.63) is 83.4 Å². The molecule has 0 unspecified atom stereocenters. The molecule has 46 heavy (non-hydrogen) atoms. The Labute approximate surface area is 280 Å². The lowest BCUT2D eigenvalue weighted by Crippen LogP contribution is -2.35. The Morgan fingerprint density at radius 1 is 0.848 bits per heavy atom. The van der Waals surface area contributed by atoms with Gasteiger partial charge in [-0.2, -0.15) is 0 Å². The number of aliphatic hydroxyl groups excluding tert-OH is 1. The fraction of sp³-hybridized carbons (Fsp3) is 0.643. The molecule has 4 rings (SSSR count). The highest BCUT2D eigenvalue weighted by Crippen LogP contribution is 2.47. The highest BCUT2D eigenvalue weighted by atomic mass is 16.4. The summed E-state index contributed by atoms with van der Waals surface area (Å²) < 4.78 is 0. The van der Waals surface area contributed by atoms with Crippen LogP contribution in [-0.2, 0) is 23.2 Å². The minimum atomic E-state index is -0.674. The molecule has 0 spiro atoms. The Morgan fingerprint density at radius 2 is 1.59 bits per heavy atom. The fourth-order valence-corrected chi connectivity index (χ4v) is 8.89. The monoisotopic (exact) mass is 629 g/mol. The van der Waals surface area contributed by atoms with Gasteiger partial charge in [-0.25, -0.2) is 0 Å². The summed E-state index contributed by atoms with van der Waals surface area (Å²) in [6.45, 7) is 0.690. The van der Waals surface area contributed by atoms with E-state index in [0.717, 1.165) is 69.3 Å². The minimum absolute atomic E-state index is 0.0741. The summed E-state index contributed by atoms with van der Waals surface area (Å²) in [6, 6.07) is 19.3. The first-order chi connectivity index (χ1) is 22.5. The molecule has 0 bridgehead atoms. The fourth-order valence-electron chi connectivity index (χ4n) is 8.89. The Bertz CT molecular complexity index is 1150. The number of hydrogen-bond donors (Lipinski definition) is 3. The first kappa shape index (κ1) is 36.4. The SMILES string of the molecule is NCC[C@H](CC[C@@H](C/C=C\CCC1CCCCC1)CCc1cccc(CO)c1)[C@H](CC(=O)O)CC1(c2ccccc2)CCCCC1. The summed E-state index contributed by atoms with van der Waals surface area (Å²) in [4.78, 5) is 12.3. The van der Waals surface area contributed by atoms with Crippen LogP contribution in [0.5, 0.6) is 0 Å². The number of carbonyl (C=O) groups is 1. The molecule has 0 amide bonds. The molecule has 254 valence electrons. The van der Waals surface area contributed by atoms with Crippen molar-refractivity contribution in [1.29, 1.82) is 0 Å². The second-order valence-corrected chi connectivity index (χ2v) is 14.9. The lowest BCUT2D eigenvalue weighted by atomic mass is 9.62. The van der Waals surface area contributed by atoms with Gasteiger partial charge in [0.15, 0.2) is 0 Å². The van der Waals surface area contributed by atoms with E-state index < -0.39 is 5.97 Å². The summed E-state index contributed by atoms with van der Waals surface area (Å²) in [5.41, 5.74) is 9.99. The van der Waals surface area contributed by atoms with E-state index in [-0.39, 0.29) is 24.4 Å². The van der Waals surface area contributed by atoms with Gasteiger partial charge in [0, 0.05) is 6.42 Å². The maximum Gasteiger partial charge on any atom is 0.303 e. The van der Waals surface area contributed by atoms with E-state index in [9.17, 15) is 15.0 Å². The molecule has 2 aromatic carbocycles. The van der Waals surface area contributed by atoms with Crippen molar-refractivity contribution in [2.75, 3.05) is 6.54 Å². The summed E-state index contributed by atoms with van der Waals surface area (Å²) >= 11 is 0. The van der Waals surface area contributed by atoms with Crippen LogP contribution >= 0.6 is 0 Å². The maximum absolute atomic E-state index is 12.3. The number of aliphatic hydroxyl groups is 1. The van der Waals surface area contributed by atoms with Gasteiger partial charge >= 0.3 is 5.97 Å². The second kappa shape index (κ2) is 20.1. The van der Waals surface area contributed by atoms with Crippen LogP contribution in [0.4, 0.5) is 0 Å². The molecule has 0 aromatic heterocycles. The third-order valence-corrected chi connectivity index (χ3v) is 11.6. The molecule has 3 atom stereocenters. The number of carboxylic acid groups (broad SMARTS) is 1. The van der Waals surface area contributed by atoms with Gasteiger partial charge in [0.1, 0.15) is 0 Å². The van der Waals surface area contributed by atoms with E-state index in [0.29, 0.717) is 18.4 Å². The third-order valence-electron chi connectivity index (χ3n) is 11.6. The topological polar surface area (TPSA) is 83.5 Å². The van der Waals surface area contributed by atoms with Gasteiger partial charge < -0.3 is 15.9 Å². The Kier molecular flexibility index (Phi) is 15.9. The molecule has 4 N–H and O–H groups in total. The van der Waals surface area contributed by atoms with Crippen LogP contribution in [0, 0.1) is 23.7 Å². The molecular formula is C42H63NO3. The average molecular weight is 630 g/mol. The van der Waals surface area contributed by atoms with Gasteiger partial charge in [-0.05, 0) is 123 Å². The number of aryl methyl sites for hydroxylation is 1. The third kappa shape index (κ3) is 12.0. The molecular weight excluding hydrogens is 566 g/mol. The van der Waals surface area contributed by atoms with Crippen molar-refractivity contribution in [2.24, 2.45) is 29.4 Å². The standard InChI is InChI=1S/C42H63NO3/c43-29-26-38(39(31-41(45)46)32-42(27-11-4-12-28-42)40-20-9-3-10-21-40)25-24-35(22-23-36-18-13-19-37(30-36)33-44)17-8-2-7-16-34-14-5-1-6-15-34/h2-3,8-10,13,18-21,30,34-35,38-39,44H,1,4-7,11-12,14-17,22-29,31-33,43H2,(H,45,46)/b8-2-/t35-,38-,39+/m0/s1. The van der Waals surface area contributed by atoms with Crippen LogP contribution < -0.4 is 5.73 Å². The molecule has 2 aliphatic rings. The minimum Gasteiger partial charge on any atom is -0.481 e. The first-order valence-electron chi connectivity index (χ1n) is 18.8. The predicted octanol–water partition coefficient (Wildman–Crippen LogP) is 10.2. The molecule has 2 fully saturated rings. The zero-order valence-electron chi connectivity index (χ0n) is 28.6. The summed E-state index contributed by atoms with van der Waals surface area (Å²) in [5, 5.41) is 19.8. The quantitative estimate of drug-likeness (QED) is 0.127. The smallest absolute Gasteiger partial charge is 0.303 e. The van der Waals surface area contributed by atoms with Crippen molar-refractivity contribution >= 4 is 5.97 Å². The maximum atomic E-state index is 12.3. The van der Waals surface area contributed by atoms with Gasteiger partial charge in [0.25, 0.3) is 0 Å². The van der Waals surface area contributed by atoms with Crippen molar-refractivity contribution in [3.8, 4) is 0 Å². The Hall–Kier alpha value is -2.43. The summed E-state index contributed by atoms with van der Waals surface area (Å²) in [5.74, 6) is 1.24. The molecule has 0 saturated heterocycles. The normalized spacial score (nSPS) is 19.2. The van der Waals surface area contributed by atoms with Crippen molar-refractivity contribution in [1.82, 2.24) is 0 Å². The van der Waals surface area contributed by atoms with Crippen LogP contribution in [0.2, 0.25) is 0 Å². The van der Waals surface area contributed by atoms with Gasteiger partial charge in [0.05, 0.1) is 6.61 Å². The Morgan fingerprint density at radius 3 is 2.30 bits per heavy atom. The summed E-state index contributed by atoms with van der Waals surface area (Å²) in [6.07, 6.45) is 27.9. The number of benzene rings is 2. The lowest BCUT2D eigenvalue weighted by Gasteiger charge is -2.42. The van der Waals surface area contributed by atoms with E-state index in [4.69, 9.17) is 5.73 Å². The predicted molar refractivity (Wildman–Crippen MR) is 192 cm³/mol. The molecule has 4 heteroatoms. The number of allylic oxidation sites excluding steroid dienone is 2. The van der Waals surface area contributed by atoms with Gasteiger partial charge in [0.2, 0.25) is 0 Å². The lowest BCUT2D eigenvalue weighted by molar-refractivity contribution is -0.138. The Balaban J connectivity index is 1.45. The van der Waals surface area contributed by atoms with E-state index in [2.05, 4.69) is 60.7 Å². The number of aliphatic carboxylic acids is 1. The van der Waals surface area contributed by atoms with Crippen LogP contribution in [0.1, 0.15) is 139 Å². The van der Waals surface area contributed by atoms with E-state index >= 15 is 0 Å². The van der Waals surface area contributed by atoms with Crippen LogP contribution in [0.15, 0.2) is 66.7 Å². The van der Waals surface area contributed by atoms with E-state index in [1.54, 1.807) is 0 Å². The average Bonchev–Trinajstić information content (AvgIpc) is 3.09. The highest BCUT2D eigenvalue weighted by Gasteiger charge is 2.38. The van der Waals surface area contributed by atoms with Gasteiger partial charge in [-0.15, -0.1) is 0 Å². The van der Waals surface area contributed by atoms with Gasteiger partial charge in [-0.3, -0.25) is 4.79 Å². The molecule has 4 nitrogen and oxygen atoms in total. The molecule has 0 radical (unpaired) electrons. The molecule has 2 aromatic rings. The number of carboxylic acids is 1. The second-order valence-electron chi connectivity index (χ2n) is 14.9. The molecule has 0 heterocycles. The van der Waals surface area contributed by atoms with Gasteiger partial charge in [-0.1, -0.05) is 118 Å². The van der Waals surface area contributed by atoms with E-state index in [1.165, 1.54) is 75.3 Å². The van der Waals surface area contributed by atoms with Crippen LogP contribution in [-0.4, -0.2) is 22.7 Å². The molecule has 0 aliphatic heterocycles. The first-order valence-corrected chi connectivity index (χ1v) is 18.8. The van der Waals surface area contributed by atoms with Crippen LogP contribution in [0.3, 0.4) is 0 Å². The summed E-state index contributed by atoms with van der Waals surface area (Å²) in [7, 11) is 0. The van der Waals surface area contributed by atoms with Crippen molar-refractivity contribution in [2.45, 2.75) is 140 Å². The number of nitrogens with two attached hydrogens (primary N) is 1. The zero-order chi connectivity index (χ0) is 32.5. The molecule has 2 saturated carbocycles. The largest absolute Gasteiger partial charge is 0.481 e. The molecule has 2 aliphatic carbocycles. The zero-order valence-corrected chi connectivity index (χ0v) is 28.6. The van der Waals surface area contributed by atoms with Crippen LogP contribution in [0.25, 0.3) is 0 Å². The number of hydrogen-bond acceptors (Lipinski definition) is 3. The van der Waals surface area contributed by atoms with Crippen molar-refractivity contribution in [3.63, 3.8) is 0 Å². The highest BCUT2D eigenvalue weighted by molar-refractivity contribution is 5.67. The van der Waals surface area contributed by atoms with E-state index in [1.807, 2.05) is 6.07 Å². The van der Waals surface area contributed by atoms with Crippen molar-refractivity contribution < 1.29 is 15.0 Å². The number of rotatable bonds is 20.